The van der Waals surface area contributed by atoms with E-state index in [9.17, 15) is 4.39 Å². The third kappa shape index (κ3) is 6.24. The largest absolute Gasteiger partial charge is 0.315 e. The Hall–Kier alpha value is 0.240. The van der Waals surface area contributed by atoms with Crippen LogP contribution in [0.15, 0.2) is 0 Å². The highest BCUT2D eigenvalue weighted by atomic mass is 32.2. The average molecular weight is 124 g/mol. The molecule has 0 amide bonds. The third-order valence-corrected chi connectivity index (χ3v) is 0.882. The minimum atomic E-state index is -0.277. The number of rotatable bonds is 4. The van der Waals surface area contributed by atoms with Crippen LogP contribution in [0.5, 0.6) is 0 Å². The van der Waals surface area contributed by atoms with E-state index in [4.69, 9.17) is 4.18 Å². The predicted molar refractivity (Wildman–Crippen MR) is 30.1 cm³/mol. The molecule has 44 valence electrons. The molecule has 3 heteroatoms. The van der Waals surface area contributed by atoms with Crippen LogP contribution in [-0.2, 0) is 4.18 Å². The first-order valence-corrected chi connectivity index (χ1v) is 3.28. The Balaban J connectivity index is 2.45. The lowest BCUT2D eigenvalue weighted by atomic mass is 10.5. The normalized spacial score (nSPS) is 9.43. The van der Waals surface area contributed by atoms with E-state index < -0.39 is 0 Å². The van der Waals surface area contributed by atoms with Gasteiger partial charge in [-0.25, -0.2) is 0 Å². The van der Waals surface area contributed by atoms with Crippen molar-refractivity contribution in [2.24, 2.45) is 0 Å². The highest BCUT2D eigenvalue weighted by molar-refractivity contribution is 7.93. The molecule has 7 heavy (non-hydrogen) atoms. The van der Waals surface area contributed by atoms with E-state index in [1.165, 1.54) is 12.0 Å². The minimum absolute atomic E-state index is 0.277. The van der Waals surface area contributed by atoms with Crippen LogP contribution in [0.25, 0.3) is 0 Å². The van der Waals surface area contributed by atoms with E-state index in [-0.39, 0.29) is 6.67 Å². The smallest absolute Gasteiger partial charge is 0.0916 e. The van der Waals surface area contributed by atoms with Gasteiger partial charge in [0.2, 0.25) is 0 Å². The first-order chi connectivity index (χ1) is 3.41. The van der Waals surface area contributed by atoms with Gasteiger partial charge in [-0.3, -0.25) is 4.39 Å². The maximum Gasteiger partial charge on any atom is 0.0916 e. The van der Waals surface area contributed by atoms with Gasteiger partial charge in [0.05, 0.1) is 13.3 Å². The van der Waals surface area contributed by atoms with Crippen LogP contribution in [0.3, 0.4) is 0 Å². The fourth-order valence-electron chi connectivity index (χ4n) is 0.197. The van der Waals surface area contributed by atoms with Crippen molar-refractivity contribution in [2.75, 3.05) is 19.5 Å². The molecule has 0 aromatic rings. The van der Waals surface area contributed by atoms with Crippen molar-refractivity contribution >= 4 is 12.0 Å². The zero-order chi connectivity index (χ0) is 5.54. The second-order valence-corrected chi connectivity index (χ2v) is 1.60. The van der Waals surface area contributed by atoms with E-state index in [0.29, 0.717) is 13.0 Å². The summed E-state index contributed by atoms with van der Waals surface area (Å²) in [6, 6.07) is 0. The summed E-state index contributed by atoms with van der Waals surface area (Å²) in [5.41, 5.74) is 0. The first kappa shape index (κ1) is 7.24. The van der Waals surface area contributed by atoms with Crippen molar-refractivity contribution in [3.05, 3.63) is 0 Å². The molecule has 0 fully saturated rings. The van der Waals surface area contributed by atoms with Gasteiger partial charge in [0.25, 0.3) is 0 Å². The van der Waals surface area contributed by atoms with Crippen molar-refractivity contribution < 1.29 is 8.57 Å². The van der Waals surface area contributed by atoms with Gasteiger partial charge in [0, 0.05) is 12.7 Å². The SMILES string of the molecule is CSOCCCF. The molecule has 0 atom stereocenters. The lowest BCUT2D eigenvalue weighted by molar-refractivity contribution is 0.332. The molecule has 0 radical (unpaired) electrons. The monoisotopic (exact) mass is 124 g/mol. The van der Waals surface area contributed by atoms with Crippen molar-refractivity contribution in [2.45, 2.75) is 6.42 Å². The standard InChI is InChI=1S/C4H9FOS/c1-7-6-4-2-3-5/h2-4H2,1H3. The van der Waals surface area contributed by atoms with E-state index in [0.717, 1.165) is 0 Å². The molecular formula is C4H9FOS. The van der Waals surface area contributed by atoms with Crippen molar-refractivity contribution in [1.29, 1.82) is 0 Å². The Kier molecular flexibility index (Phi) is 6.45. The second kappa shape index (κ2) is 6.24. The van der Waals surface area contributed by atoms with Crippen LogP contribution < -0.4 is 0 Å². The Morgan fingerprint density at radius 2 is 2.43 bits per heavy atom. The molecule has 0 saturated carbocycles. The van der Waals surface area contributed by atoms with Gasteiger partial charge in [-0.05, 0) is 12.0 Å². The van der Waals surface area contributed by atoms with Crippen molar-refractivity contribution in [1.82, 2.24) is 0 Å². The summed E-state index contributed by atoms with van der Waals surface area (Å²) >= 11 is 1.27. The molecule has 0 heterocycles. The maximum absolute atomic E-state index is 11.2. The molecule has 0 spiro atoms. The van der Waals surface area contributed by atoms with Gasteiger partial charge in [0.1, 0.15) is 0 Å². The fourth-order valence-corrected chi connectivity index (χ4v) is 0.481. The minimum Gasteiger partial charge on any atom is -0.315 e. The van der Waals surface area contributed by atoms with Gasteiger partial charge in [-0.1, -0.05) is 0 Å². The Labute approximate surface area is 47.4 Å². The highest BCUT2D eigenvalue weighted by Gasteiger charge is 1.81. The summed E-state index contributed by atoms with van der Waals surface area (Å²) in [7, 11) is 0. The van der Waals surface area contributed by atoms with Crippen LogP contribution in [0.2, 0.25) is 0 Å². The van der Waals surface area contributed by atoms with Crippen LogP contribution in [0.4, 0.5) is 4.39 Å². The van der Waals surface area contributed by atoms with Gasteiger partial charge in [-0.15, -0.1) is 0 Å². The summed E-state index contributed by atoms with van der Waals surface area (Å²) < 4.78 is 16.0. The summed E-state index contributed by atoms with van der Waals surface area (Å²) in [5, 5.41) is 0. The molecule has 1 nitrogen and oxygen atoms in total. The number of alkyl halides is 1. The maximum atomic E-state index is 11.2. The zero-order valence-corrected chi connectivity index (χ0v) is 5.13. The van der Waals surface area contributed by atoms with Crippen molar-refractivity contribution in [3.8, 4) is 0 Å². The van der Waals surface area contributed by atoms with Crippen LogP contribution in [-0.4, -0.2) is 19.5 Å². The molecule has 0 rings (SSSR count). The van der Waals surface area contributed by atoms with E-state index in [2.05, 4.69) is 0 Å². The van der Waals surface area contributed by atoms with Crippen LogP contribution in [0, 0.1) is 0 Å². The van der Waals surface area contributed by atoms with Crippen molar-refractivity contribution in [3.63, 3.8) is 0 Å². The van der Waals surface area contributed by atoms with Gasteiger partial charge in [-0.2, -0.15) is 0 Å². The second-order valence-electron chi connectivity index (χ2n) is 1.03. The fraction of sp³-hybridized carbons (Fsp3) is 1.00. The predicted octanol–water partition coefficient (Wildman–Crippen LogP) is 1.64. The van der Waals surface area contributed by atoms with Crippen LogP contribution >= 0.6 is 12.0 Å². The Morgan fingerprint density at radius 3 is 2.86 bits per heavy atom. The van der Waals surface area contributed by atoms with E-state index in [1.807, 2.05) is 6.26 Å². The van der Waals surface area contributed by atoms with Gasteiger partial charge < -0.3 is 4.18 Å². The van der Waals surface area contributed by atoms with E-state index in [1.54, 1.807) is 0 Å². The molecular weight excluding hydrogens is 115 g/mol. The number of hydrogen-bond donors (Lipinski definition) is 0. The molecule has 0 aliphatic rings. The summed E-state index contributed by atoms with van der Waals surface area (Å²) in [6.45, 7) is 0.248. The molecule has 0 aromatic heterocycles. The Morgan fingerprint density at radius 1 is 1.71 bits per heavy atom. The summed E-state index contributed by atoms with van der Waals surface area (Å²) in [5.74, 6) is 0. The third-order valence-electron chi connectivity index (χ3n) is 0.479. The topological polar surface area (TPSA) is 9.23 Å². The highest BCUT2D eigenvalue weighted by Crippen LogP contribution is 1.94. The average Bonchev–Trinajstić information content (AvgIpc) is 1.69. The van der Waals surface area contributed by atoms with Gasteiger partial charge in [0.15, 0.2) is 0 Å². The number of halogens is 1. The Bertz CT molecular complexity index is 30.9. The zero-order valence-electron chi connectivity index (χ0n) is 4.32. The molecule has 0 N–H and O–H groups in total. The van der Waals surface area contributed by atoms with E-state index >= 15 is 0 Å². The lowest BCUT2D eigenvalue weighted by Gasteiger charge is -1.91. The summed E-state index contributed by atoms with van der Waals surface area (Å²) in [6.07, 6.45) is 2.33. The molecule has 0 aliphatic carbocycles. The quantitative estimate of drug-likeness (QED) is 0.416. The molecule has 0 aliphatic heterocycles. The molecule has 0 unspecified atom stereocenters. The first-order valence-electron chi connectivity index (χ1n) is 2.13. The van der Waals surface area contributed by atoms with Gasteiger partial charge >= 0.3 is 0 Å². The number of hydrogen-bond acceptors (Lipinski definition) is 2. The van der Waals surface area contributed by atoms with Crippen LogP contribution in [0.1, 0.15) is 6.42 Å². The molecule has 0 bridgehead atoms. The molecule has 0 aromatic carbocycles. The lowest BCUT2D eigenvalue weighted by Crippen LogP contribution is -1.85. The summed E-state index contributed by atoms with van der Waals surface area (Å²) in [4.78, 5) is 0. The molecule has 0 saturated heterocycles.